The van der Waals surface area contributed by atoms with E-state index in [-0.39, 0.29) is 0 Å². The minimum absolute atomic E-state index is 0.959. The van der Waals surface area contributed by atoms with Crippen molar-refractivity contribution in [1.82, 2.24) is 15.0 Å². The van der Waals surface area contributed by atoms with Gasteiger partial charge in [-0.25, -0.2) is 4.98 Å². The highest BCUT2D eigenvalue weighted by molar-refractivity contribution is 6.38. The number of hydrogen-bond donors (Lipinski definition) is 0. The topological polar surface area (TPSA) is 38.7 Å². The Kier molecular flexibility index (Phi) is 3.79. The van der Waals surface area contributed by atoms with Gasteiger partial charge in [0.2, 0.25) is 0 Å². The predicted octanol–water partition coefficient (Wildman–Crippen LogP) is 9.05. The molecule has 0 N–H and O–H groups in total. The second-order valence-electron chi connectivity index (χ2n) is 10.1. The fourth-order valence-electron chi connectivity index (χ4n) is 6.36. The van der Waals surface area contributed by atoms with E-state index in [4.69, 9.17) is 9.97 Å². The van der Waals surface area contributed by atoms with Crippen molar-refractivity contribution in [2.75, 3.05) is 0 Å². The lowest BCUT2D eigenvalue weighted by Gasteiger charge is -2.17. The van der Waals surface area contributed by atoms with Crippen LogP contribution in [0.25, 0.3) is 87.1 Å². The van der Waals surface area contributed by atoms with Gasteiger partial charge >= 0.3 is 0 Å². The van der Waals surface area contributed by atoms with Gasteiger partial charge < -0.3 is 0 Å². The highest BCUT2D eigenvalue weighted by Crippen LogP contribution is 2.44. The molecule has 0 fully saturated rings. The first-order valence-electron chi connectivity index (χ1n) is 12.9. The van der Waals surface area contributed by atoms with Gasteiger partial charge in [0.05, 0.1) is 22.2 Å². The molecule has 6 aromatic carbocycles. The van der Waals surface area contributed by atoms with E-state index in [2.05, 4.69) is 96.0 Å². The van der Waals surface area contributed by atoms with Crippen LogP contribution in [0.2, 0.25) is 0 Å². The standard InChI is InChI=1S/C35H19N3/c1-7-24-25-8-2-10-27-33(25)29(28-17-22-6-4-16-37-34(22)26(9-1)32(24)28)18-23-13-14-30(38-35(23)27)21-12-11-20-5-3-15-36-31(20)19-21/h1-19H. The summed E-state index contributed by atoms with van der Waals surface area (Å²) in [5.74, 6) is 0. The molecular formula is C35H19N3. The van der Waals surface area contributed by atoms with Crippen molar-refractivity contribution in [2.24, 2.45) is 0 Å². The van der Waals surface area contributed by atoms with Gasteiger partial charge in [0.15, 0.2) is 0 Å². The first-order chi connectivity index (χ1) is 18.8. The van der Waals surface area contributed by atoms with E-state index in [0.29, 0.717) is 0 Å². The monoisotopic (exact) mass is 481 g/mol. The smallest absolute Gasteiger partial charge is 0.0788 e. The van der Waals surface area contributed by atoms with Crippen LogP contribution in [0, 0.1) is 0 Å². The van der Waals surface area contributed by atoms with E-state index < -0.39 is 0 Å². The van der Waals surface area contributed by atoms with Gasteiger partial charge in [0, 0.05) is 44.9 Å². The van der Waals surface area contributed by atoms with Crippen molar-refractivity contribution in [1.29, 1.82) is 0 Å². The maximum Gasteiger partial charge on any atom is 0.0788 e. The lowest BCUT2D eigenvalue weighted by atomic mass is 9.87. The molecule has 3 heteroatoms. The minimum Gasteiger partial charge on any atom is -0.256 e. The second-order valence-corrected chi connectivity index (χ2v) is 10.1. The molecule has 0 spiro atoms. The molecule has 174 valence electrons. The van der Waals surface area contributed by atoms with Gasteiger partial charge in [-0.15, -0.1) is 0 Å². The zero-order valence-electron chi connectivity index (χ0n) is 20.3. The van der Waals surface area contributed by atoms with Gasteiger partial charge in [0.25, 0.3) is 0 Å². The normalized spacial score (nSPS) is 12.2. The number of benzene rings is 6. The third-order valence-corrected chi connectivity index (χ3v) is 8.02. The SMILES string of the molecule is c1cnc2cc(-c3ccc4cc5c6cc7cccnc7c7cccc(c8cccc(c4n3)c85)c67)ccc2c1. The molecule has 0 unspecified atom stereocenters. The maximum atomic E-state index is 5.24. The number of rotatable bonds is 1. The van der Waals surface area contributed by atoms with Crippen LogP contribution in [-0.4, -0.2) is 15.0 Å². The molecule has 0 radical (unpaired) electrons. The van der Waals surface area contributed by atoms with Crippen molar-refractivity contribution in [3.05, 3.63) is 116 Å². The highest BCUT2D eigenvalue weighted by Gasteiger charge is 2.17. The molecule has 0 saturated carbocycles. The summed E-state index contributed by atoms with van der Waals surface area (Å²) >= 11 is 0. The third kappa shape index (κ3) is 2.60. The number of hydrogen-bond acceptors (Lipinski definition) is 3. The largest absolute Gasteiger partial charge is 0.256 e. The Morgan fingerprint density at radius 3 is 1.84 bits per heavy atom. The summed E-state index contributed by atoms with van der Waals surface area (Å²) < 4.78 is 0. The number of pyridine rings is 3. The van der Waals surface area contributed by atoms with Crippen LogP contribution >= 0.6 is 0 Å². The van der Waals surface area contributed by atoms with Gasteiger partial charge in [-0.05, 0) is 68.7 Å². The molecule has 0 aliphatic carbocycles. The van der Waals surface area contributed by atoms with Crippen LogP contribution in [0.15, 0.2) is 116 Å². The Morgan fingerprint density at radius 2 is 1.05 bits per heavy atom. The van der Waals surface area contributed by atoms with Crippen LogP contribution in [-0.2, 0) is 0 Å². The number of nitrogens with zero attached hydrogens (tertiary/aromatic N) is 3. The van der Waals surface area contributed by atoms with Gasteiger partial charge in [-0.1, -0.05) is 66.7 Å². The Hall–Kier alpha value is -5.15. The van der Waals surface area contributed by atoms with E-state index in [1.54, 1.807) is 0 Å². The summed E-state index contributed by atoms with van der Waals surface area (Å²) in [5, 5.41) is 13.4. The summed E-state index contributed by atoms with van der Waals surface area (Å²) in [6.45, 7) is 0. The maximum absolute atomic E-state index is 5.24. The lowest BCUT2D eigenvalue weighted by Crippen LogP contribution is -1.92. The van der Waals surface area contributed by atoms with Gasteiger partial charge in [0.1, 0.15) is 0 Å². The molecule has 3 nitrogen and oxygen atoms in total. The van der Waals surface area contributed by atoms with Gasteiger partial charge in [-0.3, -0.25) is 9.97 Å². The summed E-state index contributed by atoms with van der Waals surface area (Å²) in [6.07, 6.45) is 3.73. The molecule has 38 heavy (non-hydrogen) atoms. The summed E-state index contributed by atoms with van der Waals surface area (Å²) in [6, 6.07) is 36.9. The molecule has 0 saturated heterocycles. The molecule has 0 bridgehead atoms. The van der Waals surface area contributed by atoms with E-state index in [1.165, 1.54) is 43.1 Å². The molecule has 0 aliphatic rings. The summed E-state index contributed by atoms with van der Waals surface area (Å²) in [5.41, 5.74) is 5.10. The fourth-order valence-corrected chi connectivity index (χ4v) is 6.36. The Balaban J connectivity index is 1.43. The first kappa shape index (κ1) is 20.0. The summed E-state index contributed by atoms with van der Waals surface area (Å²) in [4.78, 5) is 14.5. The van der Waals surface area contributed by atoms with Gasteiger partial charge in [-0.2, -0.15) is 0 Å². The van der Waals surface area contributed by atoms with Crippen LogP contribution in [0.3, 0.4) is 0 Å². The molecule has 9 aromatic rings. The third-order valence-electron chi connectivity index (χ3n) is 8.02. The Bertz CT molecular complexity index is 2410. The average molecular weight is 482 g/mol. The molecule has 0 aliphatic heterocycles. The van der Waals surface area contributed by atoms with E-state index in [9.17, 15) is 0 Å². The zero-order valence-corrected chi connectivity index (χ0v) is 20.3. The van der Waals surface area contributed by atoms with Crippen molar-refractivity contribution >= 4 is 75.8 Å². The Labute approximate surface area is 217 Å². The molecule has 9 rings (SSSR count). The Morgan fingerprint density at radius 1 is 0.421 bits per heavy atom. The van der Waals surface area contributed by atoms with Crippen LogP contribution < -0.4 is 0 Å². The highest BCUT2D eigenvalue weighted by atomic mass is 14.7. The zero-order chi connectivity index (χ0) is 24.8. The molecular weight excluding hydrogens is 462 g/mol. The first-order valence-corrected chi connectivity index (χ1v) is 12.9. The molecule has 3 aromatic heterocycles. The summed E-state index contributed by atoms with van der Waals surface area (Å²) in [7, 11) is 0. The van der Waals surface area contributed by atoms with Crippen LogP contribution in [0.1, 0.15) is 0 Å². The van der Waals surface area contributed by atoms with Crippen molar-refractivity contribution < 1.29 is 0 Å². The number of aromatic nitrogens is 3. The molecule has 0 amide bonds. The quantitative estimate of drug-likeness (QED) is 0.173. The van der Waals surface area contributed by atoms with E-state index in [0.717, 1.165) is 44.0 Å². The minimum atomic E-state index is 0.959. The van der Waals surface area contributed by atoms with Crippen molar-refractivity contribution in [3.8, 4) is 11.3 Å². The van der Waals surface area contributed by atoms with Crippen LogP contribution in [0.5, 0.6) is 0 Å². The fraction of sp³-hybridized carbons (Fsp3) is 0. The second kappa shape index (κ2) is 7.21. The molecule has 3 heterocycles. The van der Waals surface area contributed by atoms with Crippen molar-refractivity contribution in [2.45, 2.75) is 0 Å². The van der Waals surface area contributed by atoms with Crippen molar-refractivity contribution in [3.63, 3.8) is 0 Å². The van der Waals surface area contributed by atoms with Crippen LogP contribution in [0.4, 0.5) is 0 Å². The average Bonchev–Trinajstić information content (AvgIpc) is 2.99. The van der Waals surface area contributed by atoms with E-state index in [1.807, 2.05) is 24.5 Å². The van der Waals surface area contributed by atoms with E-state index >= 15 is 0 Å². The lowest BCUT2D eigenvalue weighted by molar-refractivity contribution is 1.39. The molecule has 0 atom stereocenters. The predicted molar refractivity (Wildman–Crippen MR) is 159 cm³/mol. The number of fused-ring (bicyclic) bond motifs is 7.